The van der Waals surface area contributed by atoms with Crippen molar-refractivity contribution in [3.8, 4) is 45.5 Å². The Balaban J connectivity index is 1.03. The van der Waals surface area contributed by atoms with E-state index in [-0.39, 0.29) is 17.8 Å². The summed E-state index contributed by atoms with van der Waals surface area (Å²) in [6.45, 7) is 14.4. The van der Waals surface area contributed by atoms with Crippen molar-refractivity contribution in [2.24, 2.45) is 9.98 Å². The fraction of sp³-hybridized carbons (Fsp3) is 0.250. The van der Waals surface area contributed by atoms with Crippen LogP contribution in [0.5, 0.6) is 23.0 Å². The Morgan fingerprint density at radius 2 is 1.06 bits per heavy atom. The van der Waals surface area contributed by atoms with Crippen molar-refractivity contribution in [3.05, 3.63) is 91.3 Å². The normalized spacial score (nSPS) is 17.8. The fourth-order valence-corrected chi connectivity index (χ4v) is 7.80. The topological polar surface area (TPSA) is 75.4 Å². The number of hydrogen-bond acceptors (Lipinski definition) is 8. The molecule has 0 unspecified atom stereocenters. The molecular formula is C40H37BN6O2. The summed E-state index contributed by atoms with van der Waals surface area (Å²) in [5.41, 5.74) is 9.00. The molecule has 6 heterocycles. The Kier molecular flexibility index (Phi) is 6.38. The lowest BCUT2D eigenvalue weighted by molar-refractivity contribution is 0.464. The predicted molar refractivity (Wildman–Crippen MR) is 200 cm³/mol. The first-order chi connectivity index (χ1) is 23.5. The van der Waals surface area contributed by atoms with Gasteiger partial charge in [-0.1, -0.05) is 30.3 Å². The number of benzene rings is 3. The van der Waals surface area contributed by atoms with Crippen LogP contribution in [0.2, 0.25) is 0 Å². The Bertz CT molecular complexity index is 2070. The molecule has 49 heavy (non-hydrogen) atoms. The zero-order valence-corrected chi connectivity index (χ0v) is 28.7. The van der Waals surface area contributed by atoms with Gasteiger partial charge in [-0.2, -0.15) is 0 Å². The minimum absolute atomic E-state index is 0.0194. The molecule has 8 nitrogen and oxygen atoms in total. The fourth-order valence-electron chi connectivity index (χ4n) is 7.80. The standard InChI is InChI=1S/C40H37BN6O2/c1-24-44-39(3,4)22-46(24)28-12-16-32(42-20-28)26-10-14-30-36(18-26)48-34-8-7-9-35-38(34)41(30)31-15-11-27(19-37(31)49-35)33-17-13-29(21-43-33)47-23-40(5,6)45-25(47)2/h7-21H,22-23H2,1-6H3. The highest BCUT2D eigenvalue weighted by Gasteiger charge is 2.40. The van der Waals surface area contributed by atoms with E-state index in [1.807, 2.05) is 30.6 Å². The number of aliphatic imine (C=N–C) groups is 2. The molecule has 3 aromatic carbocycles. The monoisotopic (exact) mass is 644 g/mol. The van der Waals surface area contributed by atoms with Crippen LogP contribution in [0.25, 0.3) is 22.5 Å². The molecule has 2 aromatic heterocycles. The van der Waals surface area contributed by atoms with Crippen LogP contribution in [-0.2, 0) is 0 Å². The zero-order valence-electron chi connectivity index (χ0n) is 28.7. The predicted octanol–water partition coefficient (Wildman–Crippen LogP) is 6.57. The van der Waals surface area contributed by atoms with Gasteiger partial charge in [0.05, 0.1) is 46.2 Å². The number of ether oxygens (including phenoxy) is 2. The average Bonchev–Trinajstić information content (AvgIpc) is 3.54. The molecule has 9 heteroatoms. The van der Waals surface area contributed by atoms with Crippen LogP contribution in [0.15, 0.2) is 101 Å². The number of amidine groups is 2. The highest BCUT2D eigenvalue weighted by atomic mass is 16.5. The highest BCUT2D eigenvalue weighted by molar-refractivity contribution is 6.98. The molecule has 0 amide bonds. The molecule has 242 valence electrons. The van der Waals surface area contributed by atoms with E-state index >= 15 is 0 Å². The SMILES string of the molecule is CC1=NC(C)(C)CN1c1ccc(-c2ccc3c(c2)Oc2cccc4c2B3c2ccc(-c3ccc(N5CC(C)(C)N=C5C)cn3)cc2O4)nc1. The van der Waals surface area contributed by atoms with E-state index in [4.69, 9.17) is 29.4 Å². The molecule has 0 aliphatic carbocycles. The summed E-state index contributed by atoms with van der Waals surface area (Å²) in [5, 5.41) is 0. The summed E-state index contributed by atoms with van der Waals surface area (Å²) >= 11 is 0. The molecule has 9 rings (SSSR count). The first kappa shape index (κ1) is 29.7. The maximum atomic E-state index is 6.56. The van der Waals surface area contributed by atoms with E-state index in [1.165, 1.54) is 0 Å². The van der Waals surface area contributed by atoms with Gasteiger partial charge in [-0.05, 0) is 101 Å². The van der Waals surface area contributed by atoms with Gasteiger partial charge in [-0.25, -0.2) is 0 Å². The van der Waals surface area contributed by atoms with E-state index in [1.54, 1.807) is 0 Å². The second kappa shape index (κ2) is 10.5. The van der Waals surface area contributed by atoms with Crippen molar-refractivity contribution in [1.29, 1.82) is 0 Å². The summed E-state index contributed by atoms with van der Waals surface area (Å²) in [4.78, 5) is 23.8. The van der Waals surface area contributed by atoms with Crippen LogP contribution in [0, 0.1) is 0 Å². The van der Waals surface area contributed by atoms with Crippen LogP contribution >= 0.6 is 0 Å². The second-order valence-corrected chi connectivity index (χ2v) is 14.7. The smallest absolute Gasteiger partial charge is 0.260 e. The van der Waals surface area contributed by atoms with E-state index < -0.39 is 0 Å². The molecule has 5 aromatic rings. The lowest BCUT2D eigenvalue weighted by Gasteiger charge is -2.33. The minimum atomic E-state index is -0.0954. The van der Waals surface area contributed by atoms with Crippen LogP contribution in [-0.4, -0.2) is 52.5 Å². The molecular weight excluding hydrogens is 607 g/mol. The molecule has 0 N–H and O–H groups in total. The molecule has 4 aliphatic heterocycles. The van der Waals surface area contributed by atoms with Crippen LogP contribution in [0.3, 0.4) is 0 Å². The zero-order chi connectivity index (χ0) is 33.7. The van der Waals surface area contributed by atoms with Gasteiger partial charge in [-0.15, -0.1) is 0 Å². The summed E-state index contributed by atoms with van der Waals surface area (Å²) in [5.74, 6) is 5.34. The van der Waals surface area contributed by atoms with Crippen LogP contribution in [0.4, 0.5) is 11.4 Å². The number of aromatic nitrogens is 2. The van der Waals surface area contributed by atoms with Crippen molar-refractivity contribution >= 4 is 46.1 Å². The van der Waals surface area contributed by atoms with Gasteiger partial charge in [0.2, 0.25) is 0 Å². The van der Waals surface area contributed by atoms with Crippen molar-refractivity contribution in [3.63, 3.8) is 0 Å². The van der Waals surface area contributed by atoms with Crippen molar-refractivity contribution in [2.45, 2.75) is 52.6 Å². The molecule has 0 bridgehead atoms. The van der Waals surface area contributed by atoms with Crippen molar-refractivity contribution in [2.75, 3.05) is 22.9 Å². The van der Waals surface area contributed by atoms with Gasteiger partial charge in [0, 0.05) is 29.7 Å². The molecule has 0 saturated carbocycles. The molecule has 0 saturated heterocycles. The van der Waals surface area contributed by atoms with E-state index in [0.29, 0.717) is 0 Å². The molecule has 0 atom stereocenters. The Morgan fingerprint density at radius 1 is 0.592 bits per heavy atom. The first-order valence-corrected chi connectivity index (χ1v) is 16.9. The van der Waals surface area contributed by atoms with Gasteiger partial charge in [0.15, 0.2) is 0 Å². The summed E-state index contributed by atoms with van der Waals surface area (Å²) in [6.07, 6.45) is 3.88. The minimum Gasteiger partial charge on any atom is -0.458 e. The van der Waals surface area contributed by atoms with Crippen molar-refractivity contribution in [1.82, 2.24) is 9.97 Å². The van der Waals surface area contributed by atoms with Gasteiger partial charge in [-0.3, -0.25) is 20.0 Å². The van der Waals surface area contributed by atoms with E-state index in [0.717, 1.165) is 98.0 Å². The van der Waals surface area contributed by atoms with Crippen LogP contribution in [0.1, 0.15) is 41.5 Å². The largest absolute Gasteiger partial charge is 0.458 e. The lowest BCUT2D eigenvalue weighted by atomic mass is 9.35. The first-order valence-electron chi connectivity index (χ1n) is 16.9. The molecule has 0 radical (unpaired) electrons. The quantitative estimate of drug-likeness (QED) is 0.202. The summed E-state index contributed by atoms with van der Waals surface area (Å²) < 4.78 is 13.1. The van der Waals surface area contributed by atoms with Crippen LogP contribution < -0.4 is 35.7 Å². The average molecular weight is 645 g/mol. The number of pyridine rings is 2. The van der Waals surface area contributed by atoms with E-state index in [9.17, 15) is 0 Å². The Labute approximate surface area is 287 Å². The number of fused-ring (bicyclic) bond motifs is 4. The second-order valence-electron chi connectivity index (χ2n) is 14.7. The molecule has 4 aliphatic rings. The summed E-state index contributed by atoms with van der Waals surface area (Å²) in [6, 6.07) is 27.3. The third-order valence-electron chi connectivity index (χ3n) is 9.91. The lowest BCUT2D eigenvalue weighted by Crippen LogP contribution is -2.57. The van der Waals surface area contributed by atoms with Gasteiger partial charge < -0.3 is 19.3 Å². The van der Waals surface area contributed by atoms with Gasteiger partial charge >= 0.3 is 0 Å². The number of hydrogen-bond donors (Lipinski definition) is 0. The maximum absolute atomic E-state index is 6.56. The Hall–Kier alpha value is -5.44. The summed E-state index contributed by atoms with van der Waals surface area (Å²) in [7, 11) is 0. The number of anilines is 2. The molecule has 0 fully saturated rings. The number of rotatable bonds is 4. The molecule has 0 spiro atoms. The highest BCUT2D eigenvalue weighted by Crippen LogP contribution is 2.37. The number of nitrogens with zero attached hydrogens (tertiary/aromatic N) is 6. The van der Waals surface area contributed by atoms with Gasteiger partial charge in [0.25, 0.3) is 6.71 Å². The Morgan fingerprint density at radius 3 is 1.45 bits per heavy atom. The maximum Gasteiger partial charge on any atom is 0.260 e. The van der Waals surface area contributed by atoms with E-state index in [2.05, 4.69) is 112 Å². The van der Waals surface area contributed by atoms with Crippen molar-refractivity contribution < 1.29 is 9.47 Å². The third kappa shape index (κ3) is 4.98. The van der Waals surface area contributed by atoms with Gasteiger partial charge in [0.1, 0.15) is 34.7 Å². The third-order valence-corrected chi connectivity index (χ3v) is 9.91.